The summed E-state index contributed by atoms with van der Waals surface area (Å²) in [6, 6.07) is 1.59. The molecule has 0 bridgehead atoms. The molecule has 6 unspecified atom stereocenters. The third-order valence-corrected chi connectivity index (χ3v) is 32.1. The highest BCUT2D eigenvalue weighted by atomic mass is 29.3. The molecule has 148 valence electrons. The minimum atomic E-state index is -1.20. The molecule has 25 heavy (non-hydrogen) atoms. The van der Waals surface area contributed by atoms with Crippen molar-refractivity contribution in [2.45, 2.75) is 110 Å². The summed E-state index contributed by atoms with van der Waals surface area (Å²) in [5.41, 5.74) is 2.21. The zero-order valence-corrected chi connectivity index (χ0v) is 22.3. The largest absolute Gasteiger partial charge is 0.0722 e. The van der Waals surface area contributed by atoms with Crippen LogP contribution in [0.25, 0.3) is 0 Å². The second-order valence-electron chi connectivity index (χ2n) is 11.8. The van der Waals surface area contributed by atoms with Gasteiger partial charge >= 0.3 is 0 Å². The van der Waals surface area contributed by atoms with Gasteiger partial charge in [-0.1, -0.05) is 98.7 Å². The van der Waals surface area contributed by atoms with Crippen LogP contribution >= 0.6 is 0 Å². The standard InChI is InChI=1S/C22H48Si3/c1-16-17(2)19(4)22(18(16)3)25(9,10)24(7,8)21-12-11-20(15-21)13-14-23(5)6/h16-23H,11-15H2,1-10H3. The van der Waals surface area contributed by atoms with Gasteiger partial charge in [0.15, 0.2) is 0 Å². The van der Waals surface area contributed by atoms with Crippen molar-refractivity contribution in [3.63, 3.8) is 0 Å². The predicted octanol–water partition coefficient (Wildman–Crippen LogP) is 7.46. The minimum Gasteiger partial charge on any atom is -0.0722 e. The highest BCUT2D eigenvalue weighted by Gasteiger charge is 2.57. The van der Waals surface area contributed by atoms with Crippen LogP contribution in [0.2, 0.25) is 56.4 Å². The maximum Gasteiger partial charge on any atom is 0.0451 e. The van der Waals surface area contributed by atoms with E-state index in [2.05, 4.69) is 67.0 Å². The molecule has 2 aliphatic rings. The normalized spacial score (nSPS) is 40.2. The van der Waals surface area contributed by atoms with E-state index in [1.165, 1.54) is 0 Å². The van der Waals surface area contributed by atoms with E-state index >= 15 is 0 Å². The number of hydrogen-bond donors (Lipinski definition) is 0. The summed E-state index contributed by atoms with van der Waals surface area (Å²) in [7, 11) is -2.70. The molecule has 0 saturated heterocycles. The molecule has 0 heterocycles. The molecule has 0 spiro atoms. The fraction of sp³-hybridized carbons (Fsp3) is 1.00. The van der Waals surface area contributed by atoms with E-state index in [1.54, 1.807) is 31.7 Å². The Hall–Kier alpha value is 0.651. The first-order valence-electron chi connectivity index (χ1n) is 11.4. The summed E-state index contributed by atoms with van der Waals surface area (Å²) in [5.74, 6) is 4.88. The van der Waals surface area contributed by atoms with Crippen LogP contribution in [-0.2, 0) is 0 Å². The second kappa shape index (κ2) is 7.95. The molecular weight excluding hydrogens is 349 g/mol. The van der Waals surface area contributed by atoms with Crippen LogP contribution in [0.3, 0.4) is 0 Å². The average Bonchev–Trinajstić information content (AvgIpc) is 3.06. The van der Waals surface area contributed by atoms with Crippen molar-refractivity contribution in [1.82, 2.24) is 0 Å². The maximum atomic E-state index is 2.83. The van der Waals surface area contributed by atoms with E-state index in [0.717, 1.165) is 40.7 Å². The van der Waals surface area contributed by atoms with Gasteiger partial charge < -0.3 is 0 Å². The van der Waals surface area contributed by atoms with Gasteiger partial charge in [0.2, 0.25) is 0 Å². The van der Waals surface area contributed by atoms with Crippen molar-refractivity contribution in [2.24, 2.45) is 29.6 Å². The first-order valence-corrected chi connectivity index (χ1v) is 21.7. The van der Waals surface area contributed by atoms with E-state index in [-0.39, 0.29) is 8.80 Å². The highest BCUT2D eigenvalue weighted by Crippen LogP contribution is 2.58. The zero-order chi connectivity index (χ0) is 19.2. The van der Waals surface area contributed by atoms with Crippen LogP contribution in [0.1, 0.15) is 53.4 Å². The number of rotatable bonds is 6. The van der Waals surface area contributed by atoms with Crippen LogP contribution in [0.5, 0.6) is 0 Å². The SMILES string of the molecule is CC1C(C)C(C)C([Si](C)(C)[Si](C)(C)C2CCC(CC[SiH](C)C)C2)C1C. The van der Waals surface area contributed by atoms with Crippen molar-refractivity contribution in [2.75, 3.05) is 0 Å². The van der Waals surface area contributed by atoms with E-state index < -0.39 is 15.2 Å². The lowest BCUT2D eigenvalue weighted by Gasteiger charge is -2.50. The Kier molecular flexibility index (Phi) is 6.98. The van der Waals surface area contributed by atoms with E-state index in [1.807, 2.05) is 0 Å². The summed E-state index contributed by atoms with van der Waals surface area (Å²) < 4.78 is 0. The molecule has 0 N–H and O–H groups in total. The van der Waals surface area contributed by atoms with Crippen molar-refractivity contribution in [3.05, 3.63) is 0 Å². The van der Waals surface area contributed by atoms with Gasteiger partial charge in [-0.15, -0.1) is 0 Å². The van der Waals surface area contributed by atoms with E-state index in [4.69, 9.17) is 0 Å². The molecule has 0 aromatic rings. The predicted molar refractivity (Wildman–Crippen MR) is 125 cm³/mol. The van der Waals surface area contributed by atoms with Crippen molar-refractivity contribution < 1.29 is 0 Å². The molecule has 0 aliphatic heterocycles. The first-order chi connectivity index (χ1) is 11.4. The van der Waals surface area contributed by atoms with Gasteiger partial charge in [0.25, 0.3) is 0 Å². The van der Waals surface area contributed by atoms with Gasteiger partial charge in [-0.2, -0.15) is 0 Å². The van der Waals surface area contributed by atoms with Crippen molar-refractivity contribution in [1.29, 1.82) is 0 Å². The van der Waals surface area contributed by atoms with E-state index in [0.29, 0.717) is 0 Å². The molecule has 0 amide bonds. The molecule has 2 fully saturated rings. The van der Waals surface area contributed by atoms with Gasteiger partial charge in [-0.3, -0.25) is 0 Å². The molecule has 0 aromatic heterocycles. The maximum absolute atomic E-state index is 2.83. The lowest BCUT2D eigenvalue weighted by Crippen LogP contribution is -2.61. The lowest BCUT2D eigenvalue weighted by molar-refractivity contribution is 0.352. The Morgan fingerprint density at radius 1 is 0.760 bits per heavy atom. The minimum absolute atomic E-state index is 0.352. The Balaban J connectivity index is 2.12. The lowest BCUT2D eigenvalue weighted by atomic mass is 9.92. The van der Waals surface area contributed by atoms with Crippen molar-refractivity contribution in [3.8, 4) is 0 Å². The average molecular weight is 397 g/mol. The third kappa shape index (κ3) is 4.08. The Morgan fingerprint density at radius 2 is 1.28 bits per heavy atom. The third-order valence-electron chi connectivity index (χ3n) is 9.83. The topological polar surface area (TPSA) is 0 Å². The van der Waals surface area contributed by atoms with Crippen LogP contribution in [-0.4, -0.2) is 24.0 Å². The summed E-state index contributed by atoms with van der Waals surface area (Å²) in [6.07, 6.45) is 6.32. The highest BCUT2D eigenvalue weighted by molar-refractivity contribution is 7.41. The molecule has 3 heteroatoms. The Labute approximate surface area is 163 Å². The van der Waals surface area contributed by atoms with Gasteiger partial charge in [-0.25, -0.2) is 0 Å². The molecule has 0 radical (unpaired) electrons. The molecule has 0 aromatic carbocycles. The quantitative estimate of drug-likeness (QED) is 0.409. The van der Waals surface area contributed by atoms with Gasteiger partial charge in [-0.05, 0) is 40.7 Å². The van der Waals surface area contributed by atoms with Crippen LogP contribution in [0.4, 0.5) is 0 Å². The fourth-order valence-corrected chi connectivity index (χ4v) is 23.1. The Bertz CT molecular complexity index is 429. The number of hydrogen-bond acceptors (Lipinski definition) is 0. The summed E-state index contributed by atoms with van der Waals surface area (Å²) in [4.78, 5) is 0. The summed E-state index contributed by atoms with van der Waals surface area (Å²) >= 11 is 0. The smallest absolute Gasteiger partial charge is 0.0451 e. The van der Waals surface area contributed by atoms with Gasteiger partial charge in [0.05, 0.1) is 0 Å². The van der Waals surface area contributed by atoms with Crippen molar-refractivity contribution >= 4 is 24.0 Å². The monoisotopic (exact) mass is 396 g/mol. The fourth-order valence-electron chi connectivity index (χ4n) is 6.92. The molecule has 0 nitrogen and oxygen atoms in total. The molecular formula is C22H48Si3. The molecule has 6 atom stereocenters. The van der Waals surface area contributed by atoms with Crippen LogP contribution < -0.4 is 0 Å². The molecule has 2 rings (SSSR count). The van der Waals surface area contributed by atoms with Crippen LogP contribution in [0, 0.1) is 29.6 Å². The molecule has 2 aliphatic carbocycles. The zero-order valence-electron chi connectivity index (χ0n) is 19.2. The Morgan fingerprint density at radius 3 is 1.76 bits per heavy atom. The molecule has 2 saturated carbocycles. The first kappa shape index (κ1) is 21.9. The van der Waals surface area contributed by atoms with E-state index in [9.17, 15) is 0 Å². The van der Waals surface area contributed by atoms with Gasteiger partial charge in [0, 0.05) is 24.0 Å². The van der Waals surface area contributed by atoms with Crippen LogP contribution in [0.15, 0.2) is 0 Å². The summed E-state index contributed by atoms with van der Waals surface area (Å²) in [6.45, 7) is 26.7. The summed E-state index contributed by atoms with van der Waals surface area (Å²) in [5, 5.41) is 0. The second-order valence-corrected chi connectivity index (χ2v) is 31.2. The van der Waals surface area contributed by atoms with Gasteiger partial charge in [0.1, 0.15) is 0 Å².